The minimum atomic E-state index is -4.55. The van der Waals surface area contributed by atoms with Crippen molar-refractivity contribution in [1.29, 1.82) is 0 Å². The van der Waals surface area contributed by atoms with Gasteiger partial charge in [0.05, 0.1) is 18.4 Å². The molecule has 0 fully saturated rings. The third-order valence-corrected chi connectivity index (χ3v) is 8.03. The second-order valence-electron chi connectivity index (χ2n) is 9.05. The smallest absolute Gasteiger partial charge is 0.419 e. The highest BCUT2D eigenvalue weighted by Gasteiger charge is 2.34. The van der Waals surface area contributed by atoms with E-state index < -0.39 is 17.7 Å². The van der Waals surface area contributed by atoms with Crippen molar-refractivity contribution in [3.63, 3.8) is 0 Å². The zero-order valence-corrected chi connectivity index (χ0v) is 22.8. The second kappa shape index (κ2) is 11.1. The predicted octanol–water partition coefficient (Wildman–Crippen LogP) is 8.02. The molecule has 3 aromatic heterocycles. The van der Waals surface area contributed by atoms with Crippen molar-refractivity contribution >= 4 is 39.6 Å². The van der Waals surface area contributed by atoms with Crippen molar-refractivity contribution < 1.29 is 27.8 Å². The van der Waals surface area contributed by atoms with E-state index in [1.165, 1.54) is 41.9 Å². The van der Waals surface area contributed by atoms with Crippen LogP contribution in [0.1, 0.15) is 41.1 Å². The van der Waals surface area contributed by atoms with Gasteiger partial charge in [0.15, 0.2) is 5.13 Å². The Kier molecular flexibility index (Phi) is 8.08. The molecule has 1 aromatic carbocycles. The van der Waals surface area contributed by atoms with Crippen molar-refractivity contribution in [3.05, 3.63) is 64.0 Å². The van der Waals surface area contributed by atoms with Crippen molar-refractivity contribution in [2.24, 2.45) is 5.92 Å². The molecule has 6 nitrogen and oxygen atoms in total. The van der Waals surface area contributed by atoms with Gasteiger partial charge in [0.1, 0.15) is 17.1 Å². The molecule has 200 valence electrons. The van der Waals surface area contributed by atoms with Crippen LogP contribution in [0.5, 0.6) is 5.75 Å². The number of nitrogens with zero attached hydrogens (tertiary/aromatic N) is 3. The molecule has 0 saturated carbocycles. The Morgan fingerprint density at radius 1 is 1.18 bits per heavy atom. The van der Waals surface area contributed by atoms with Crippen LogP contribution in [-0.4, -0.2) is 35.2 Å². The van der Waals surface area contributed by atoms with E-state index in [0.29, 0.717) is 34.3 Å². The number of ether oxygens (including phenoxy) is 1. The molecule has 0 bridgehead atoms. The Morgan fingerprint density at radius 3 is 2.55 bits per heavy atom. The van der Waals surface area contributed by atoms with Gasteiger partial charge in [-0.25, -0.2) is 14.8 Å². The maximum absolute atomic E-state index is 13.4. The van der Waals surface area contributed by atoms with Gasteiger partial charge in [-0.05, 0) is 48.4 Å². The van der Waals surface area contributed by atoms with Crippen molar-refractivity contribution in [2.45, 2.75) is 32.9 Å². The SMILES string of the molecule is COc1cc(-c2nc(N(C)c3ncc(-c4cccs4)cc3C(=O)O)sc2CCC(C)C)ccc1C(F)(F)F. The lowest BCUT2D eigenvalue weighted by atomic mass is 10.0. The van der Waals surface area contributed by atoms with Gasteiger partial charge in [-0.2, -0.15) is 13.2 Å². The molecule has 0 atom stereocenters. The van der Waals surface area contributed by atoms with Crippen LogP contribution < -0.4 is 9.64 Å². The third-order valence-electron chi connectivity index (χ3n) is 5.92. The number of pyridine rings is 1. The number of carboxylic acids is 1. The lowest BCUT2D eigenvalue weighted by molar-refractivity contribution is -0.138. The summed E-state index contributed by atoms with van der Waals surface area (Å²) >= 11 is 2.85. The van der Waals surface area contributed by atoms with E-state index in [1.54, 1.807) is 24.2 Å². The molecule has 4 aromatic rings. The van der Waals surface area contributed by atoms with Gasteiger partial charge in [0, 0.05) is 34.1 Å². The lowest BCUT2D eigenvalue weighted by Crippen LogP contribution is -2.15. The molecule has 0 aliphatic heterocycles. The molecule has 0 aliphatic rings. The van der Waals surface area contributed by atoms with E-state index in [0.717, 1.165) is 22.2 Å². The van der Waals surface area contributed by atoms with E-state index in [1.807, 2.05) is 17.5 Å². The number of anilines is 2. The highest BCUT2D eigenvalue weighted by atomic mass is 32.1. The average molecular weight is 562 g/mol. The van der Waals surface area contributed by atoms with Crippen LogP contribution in [0.2, 0.25) is 0 Å². The number of thiazole rings is 1. The van der Waals surface area contributed by atoms with Crippen LogP contribution in [0.25, 0.3) is 21.7 Å². The van der Waals surface area contributed by atoms with Gasteiger partial charge in [0.25, 0.3) is 0 Å². The van der Waals surface area contributed by atoms with Crippen LogP contribution in [0.3, 0.4) is 0 Å². The summed E-state index contributed by atoms with van der Waals surface area (Å²) in [5, 5.41) is 12.3. The quantitative estimate of drug-likeness (QED) is 0.223. The van der Waals surface area contributed by atoms with Gasteiger partial charge < -0.3 is 14.7 Å². The Morgan fingerprint density at radius 2 is 1.95 bits per heavy atom. The zero-order valence-electron chi connectivity index (χ0n) is 21.2. The number of hydrogen-bond donors (Lipinski definition) is 1. The first-order chi connectivity index (χ1) is 18.0. The maximum Gasteiger partial charge on any atom is 0.419 e. The molecular weight excluding hydrogens is 535 g/mol. The summed E-state index contributed by atoms with van der Waals surface area (Å²) in [6.07, 6.45) is -1.41. The molecule has 0 radical (unpaired) electrons. The highest BCUT2D eigenvalue weighted by molar-refractivity contribution is 7.16. The average Bonchev–Trinajstić information content (AvgIpc) is 3.56. The first kappa shape index (κ1) is 27.6. The topological polar surface area (TPSA) is 75.5 Å². The summed E-state index contributed by atoms with van der Waals surface area (Å²) < 4.78 is 45.3. The maximum atomic E-state index is 13.4. The van der Waals surface area contributed by atoms with Crippen molar-refractivity contribution in [3.8, 4) is 27.4 Å². The summed E-state index contributed by atoms with van der Waals surface area (Å²) in [7, 11) is 2.88. The molecule has 11 heteroatoms. The number of methoxy groups -OCH3 is 1. The molecule has 0 amide bonds. The van der Waals surface area contributed by atoms with Crippen LogP contribution in [0, 0.1) is 5.92 Å². The minimum absolute atomic E-state index is 0.0232. The van der Waals surface area contributed by atoms with Crippen LogP contribution in [-0.2, 0) is 12.6 Å². The van der Waals surface area contributed by atoms with Crippen LogP contribution in [0.15, 0.2) is 48.0 Å². The van der Waals surface area contributed by atoms with E-state index >= 15 is 0 Å². The Labute approximate surface area is 226 Å². The summed E-state index contributed by atoms with van der Waals surface area (Å²) in [4.78, 5) is 24.7. The standard InChI is InChI=1S/C27H26F3N3O3S2/c1-15(2)7-10-22-23(16-8-9-19(27(28,29)30)20(13-16)36-4)32-26(38-22)33(3)24-18(25(34)35)12-17(14-31-24)21-6-5-11-37-21/h5-6,8-9,11-15H,7,10H2,1-4H3,(H,34,35). The number of rotatable bonds is 9. The molecule has 1 N–H and O–H groups in total. The monoisotopic (exact) mass is 561 g/mol. The number of halogens is 3. The fourth-order valence-electron chi connectivity index (χ4n) is 3.92. The van der Waals surface area contributed by atoms with Gasteiger partial charge in [-0.15, -0.1) is 22.7 Å². The van der Waals surface area contributed by atoms with Gasteiger partial charge in [-0.3, -0.25) is 0 Å². The van der Waals surface area contributed by atoms with E-state index in [-0.39, 0.29) is 17.1 Å². The number of alkyl halides is 3. The first-order valence-corrected chi connectivity index (χ1v) is 13.5. The first-order valence-electron chi connectivity index (χ1n) is 11.8. The summed E-state index contributed by atoms with van der Waals surface area (Å²) in [6, 6.07) is 9.09. The Balaban J connectivity index is 1.78. The van der Waals surface area contributed by atoms with Crippen molar-refractivity contribution in [1.82, 2.24) is 9.97 Å². The molecule has 0 unspecified atom stereocenters. The number of carboxylic acid groups (broad SMARTS) is 1. The number of hydrogen-bond acceptors (Lipinski definition) is 7. The molecule has 4 rings (SSSR count). The number of benzene rings is 1. The predicted molar refractivity (Wildman–Crippen MR) is 145 cm³/mol. The second-order valence-corrected chi connectivity index (χ2v) is 11.1. The van der Waals surface area contributed by atoms with Gasteiger partial charge in [-0.1, -0.05) is 26.0 Å². The third kappa shape index (κ3) is 5.83. The van der Waals surface area contributed by atoms with Crippen LogP contribution >= 0.6 is 22.7 Å². The van der Waals surface area contributed by atoms with Gasteiger partial charge in [0.2, 0.25) is 0 Å². The number of aromatic nitrogens is 2. The molecule has 3 heterocycles. The largest absolute Gasteiger partial charge is 0.496 e. The summed E-state index contributed by atoms with van der Waals surface area (Å²) in [5.41, 5.74) is 0.890. The fourth-order valence-corrected chi connectivity index (χ4v) is 5.69. The summed E-state index contributed by atoms with van der Waals surface area (Å²) in [6.45, 7) is 4.18. The molecular formula is C27H26F3N3O3S2. The molecule has 0 spiro atoms. The molecule has 38 heavy (non-hydrogen) atoms. The normalized spacial score (nSPS) is 11.7. The lowest BCUT2D eigenvalue weighted by Gasteiger charge is -2.17. The van der Waals surface area contributed by atoms with E-state index in [2.05, 4.69) is 18.8 Å². The Hall–Kier alpha value is -3.44. The number of carbonyl (C=O) groups is 1. The fraction of sp³-hybridized carbons (Fsp3) is 0.296. The Bertz CT molecular complexity index is 1430. The highest BCUT2D eigenvalue weighted by Crippen LogP contribution is 2.42. The summed E-state index contributed by atoms with van der Waals surface area (Å²) in [5.74, 6) is -0.786. The minimum Gasteiger partial charge on any atom is -0.496 e. The van der Waals surface area contributed by atoms with E-state index in [4.69, 9.17) is 9.72 Å². The zero-order chi connectivity index (χ0) is 27.6. The van der Waals surface area contributed by atoms with Gasteiger partial charge >= 0.3 is 12.1 Å². The number of aromatic carboxylic acids is 1. The number of thiophene rings is 1. The number of aryl methyl sites for hydroxylation is 1. The molecule has 0 saturated heterocycles. The van der Waals surface area contributed by atoms with Crippen LogP contribution in [0.4, 0.5) is 24.1 Å². The molecule has 0 aliphatic carbocycles. The van der Waals surface area contributed by atoms with Crippen molar-refractivity contribution in [2.75, 3.05) is 19.1 Å². The van der Waals surface area contributed by atoms with E-state index in [9.17, 15) is 23.1 Å².